The van der Waals surface area contributed by atoms with Crippen LogP contribution in [0.5, 0.6) is 0 Å². The largest absolute Gasteiger partial charge is 0.300 e. The molecule has 0 atom stereocenters. The van der Waals surface area contributed by atoms with E-state index >= 15 is 0 Å². The summed E-state index contributed by atoms with van der Waals surface area (Å²) in [7, 11) is 0. The molecule has 0 aromatic heterocycles. The van der Waals surface area contributed by atoms with E-state index in [0.29, 0.717) is 10.1 Å². The molecule has 1 N–H and O–H groups in total. The van der Waals surface area contributed by atoms with Crippen molar-refractivity contribution in [3.8, 4) is 0 Å². The standard InChI is InChI=1S/C16H10FIN2OS/c17-11-3-1-10(2-4-11)9-14-15(21)20-16(22-14)19-13-7-5-12(18)6-8-13/h1-9H,(H,19,20,21)/b14-9+. The van der Waals surface area contributed by atoms with Crippen LogP contribution in [0.2, 0.25) is 0 Å². The highest BCUT2D eigenvalue weighted by Gasteiger charge is 2.23. The normalized spacial score (nSPS) is 18.0. The maximum absolute atomic E-state index is 12.9. The van der Waals surface area contributed by atoms with Gasteiger partial charge in [-0.1, -0.05) is 12.1 Å². The molecular weight excluding hydrogens is 414 g/mol. The lowest BCUT2D eigenvalue weighted by Gasteiger charge is -1.96. The van der Waals surface area contributed by atoms with Gasteiger partial charge in [0, 0.05) is 3.57 Å². The smallest absolute Gasteiger partial charge is 0.264 e. The number of amides is 1. The van der Waals surface area contributed by atoms with E-state index in [-0.39, 0.29) is 11.7 Å². The van der Waals surface area contributed by atoms with Gasteiger partial charge in [0.05, 0.1) is 10.6 Å². The summed E-state index contributed by atoms with van der Waals surface area (Å²) in [4.78, 5) is 16.9. The van der Waals surface area contributed by atoms with Gasteiger partial charge in [0.2, 0.25) is 0 Å². The lowest BCUT2D eigenvalue weighted by Crippen LogP contribution is -2.19. The van der Waals surface area contributed by atoms with Gasteiger partial charge in [-0.05, 0) is 82.4 Å². The van der Waals surface area contributed by atoms with Crippen LogP contribution < -0.4 is 5.32 Å². The van der Waals surface area contributed by atoms with Crippen molar-refractivity contribution < 1.29 is 9.18 Å². The molecule has 3 nitrogen and oxygen atoms in total. The van der Waals surface area contributed by atoms with Crippen LogP contribution in [-0.2, 0) is 4.79 Å². The van der Waals surface area contributed by atoms with E-state index in [2.05, 4.69) is 32.9 Å². The van der Waals surface area contributed by atoms with Gasteiger partial charge in [0.1, 0.15) is 5.82 Å². The maximum Gasteiger partial charge on any atom is 0.264 e. The van der Waals surface area contributed by atoms with Gasteiger partial charge < -0.3 is 5.32 Å². The molecule has 1 aliphatic rings. The van der Waals surface area contributed by atoms with Crippen molar-refractivity contribution in [2.24, 2.45) is 4.99 Å². The molecule has 0 unspecified atom stereocenters. The topological polar surface area (TPSA) is 41.5 Å². The second-order valence-corrected chi connectivity index (χ2v) is 6.79. The fourth-order valence-electron chi connectivity index (χ4n) is 1.82. The minimum Gasteiger partial charge on any atom is -0.300 e. The fourth-order valence-corrected chi connectivity index (χ4v) is 3.03. The summed E-state index contributed by atoms with van der Waals surface area (Å²) in [6.07, 6.45) is 1.72. The number of benzene rings is 2. The van der Waals surface area contributed by atoms with Crippen LogP contribution >= 0.6 is 34.4 Å². The van der Waals surface area contributed by atoms with E-state index < -0.39 is 0 Å². The molecule has 6 heteroatoms. The minimum atomic E-state index is -0.299. The maximum atomic E-state index is 12.9. The third-order valence-electron chi connectivity index (χ3n) is 2.88. The highest BCUT2D eigenvalue weighted by molar-refractivity contribution is 14.1. The molecule has 1 amide bonds. The summed E-state index contributed by atoms with van der Waals surface area (Å²) in [6.45, 7) is 0. The number of amidine groups is 1. The summed E-state index contributed by atoms with van der Waals surface area (Å²) >= 11 is 3.49. The number of nitrogens with zero attached hydrogens (tertiary/aromatic N) is 1. The Hall–Kier alpha value is -1.67. The van der Waals surface area contributed by atoms with E-state index in [1.165, 1.54) is 23.9 Å². The summed E-state index contributed by atoms with van der Waals surface area (Å²) in [6, 6.07) is 13.7. The summed E-state index contributed by atoms with van der Waals surface area (Å²) in [5, 5.41) is 3.27. The number of hydrogen-bond acceptors (Lipinski definition) is 3. The van der Waals surface area contributed by atoms with Crippen molar-refractivity contribution in [2.45, 2.75) is 0 Å². The van der Waals surface area contributed by atoms with Crippen LogP contribution in [0, 0.1) is 9.39 Å². The zero-order valence-electron chi connectivity index (χ0n) is 11.2. The SMILES string of the molecule is O=C1NC(=Nc2ccc(I)cc2)S/C1=C/c1ccc(F)cc1. The van der Waals surface area contributed by atoms with E-state index in [4.69, 9.17) is 0 Å². The van der Waals surface area contributed by atoms with E-state index in [9.17, 15) is 9.18 Å². The molecule has 2 aromatic rings. The van der Waals surface area contributed by atoms with Crippen LogP contribution in [0.25, 0.3) is 6.08 Å². The fraction of sp³-hybridized carbons (Fsp3) is 0. The van der Waals surface area contributed by atoms with E-state index in [0.717, 1.165) is 14.8 Å². The summed E-state index contributed by atoms with van der Waals surface area (Å²) < 4.78 is 14.0. The zero-order chi connectivity index (χ0) is 15.5. The van der Waals surface area contributed by atoms with E-state index in [1.807, 2.05) is 24.3 Å². The molecule has 0 spiro atoms. The minimum absolute atomic E-state index is 0.196. The number of carbonyl (C=O) groups is 1. The lowest BCUT2D eigenvalue weighted by atomic mass is 10.2. The Bertz CT molecular complexity index is 770. The Morgan fingerprint density at radius 3 is 2.45 bits per heavy atom. The van der Waals surface area contributed by atoms with Crippen LogP contribution in [0.15, 0.2) is 58.4 Å². The van der Waals surface area contributed by atoms with Crippen LogP contribution in [0.4, 0.5) is 10.1 Å². The van der Waals surface area contributed by atoms with Crippen LogP contribution in [0.1, 0.15) is 5.56 Å². The van der Waals surface area contributed by atoms with Crippen molar-refractivity contribution in [1.29, 1.82) is 0 Å². The van der Waals surface area contributed by atoms with Gasteiger partial charge >= 0.3 is 0 Å². The number of thioether (sulfide) groups is 1. The predicted molar refractivity (Wildman–Crippen MR) is 96.4 cm³/mol. The van der Waals surface area contributed by atoms with Crippen molar-refractivity contribution >= 4 is 57.2 Å². The van der Waals surface area contributed by atoms with Gasteiger partial charge in [0.15, 0.2) is 5.17 Å². The Kier molecular flexibility index (Phi) is 4.58. The number of aliphatic imine (C=N–C) groups is 1. The highest BCUT2D eigenvalue weighted by atomic mass is 127. The molecule has 0 bridgehead atoms. The third-order valence-corrected chi connectivity index (χ3v) is 4.50. The Balaban J connectivity index is 1.80. The molecule has 3 rings (SSSR count). The van der Waals surface area contributed by atoms with Gasteiger partial charge in [-0.2, -0.15) is 0 Å². The number of carbonyl (C=O) groups excluding carboxylic acids is 1. The first-order valence-electron chi connectivity index (χ1n) is 6.41. The van der Waals surface area contributed by atoms with Gasteiger partial charge in [0.25, 0.3) is 5.91 Å². The van der Waals surface area contributed by atoms with E-state index in [1.54, 1.807) is 18.2 Å². The third kappa shape index (κ3) is 3.75. The molecule has 1 aliphatic heterocycles. The van der Waals surface area contributed by atoms with Crippen LogP contribution in [0.3, 0.4) is 0 Å². The second-order valence-electron chi connectivity index (χ2n) is 4.51. The average molecular weight is 424 g/mol. The number of rotatable bonds is 2. The summed E-state index contributed by atoms with van der Waals surface area (Å²) in [5.41, 5.74) is 1.56. The monoisotopic (exact) mass is 424 g/mol. The van der Waals surface area contributed by atoms with Crippen molar-refractivity contribution in [2.75, 3.05) is 0 Å². The highest BCUT2D eigenvalue weighted by Crippen LogP contribution is 2.28. The molecule has 1 heterocycles. The number of halogens is 2. The Morgan fingerprint density at radius 1 is 1.09 bits per heavy atom. The van der Waals surface area contributed by atoms with Crippen molar-refractivity contribution in [3.05, 3.63) is 68.4 Å². The molecule has 0 saturated carbocycles. The lowest BCUT2D eigenvalue weighted by molar-refractivity contribution is -0.115. The number of hydrogen-bond donors (Lipinski definition) is 1. The van der Waals surface area contributed by atoms with Gasteiger partial charge in [-0.25, -0.2) is 9.38 Å². The quantitative estimate of drug-likeness (QED) is 0.577. The first kappa shape index (κ1) is 15.2. The molecule has 22 heavy (non-hydrogen) atoms. The first-order chi connectivity index (χ1) is 10.6. The Labute approximate surface area is 144 Å². The molecule has 0 radical (unpaired) electrons. The molecule has 0 aliphatic carbocycles. The van der Waals surface area contributed by atoms with Gasteiger partial charge in [-0.15, -0.1) is 0 Å². The molecule has 1 saturated heterocycles. The van der Waals surface area contributed by atoms with Crippen molar-refractivity contribution in [1.82, 2.24) is 5.32 Å². The molecule has 110 valence electrons. The molecule has 1 fully saturated rings. The molecule has 2 aromatic carbocycles. The number of nitrogens with one attached hydrogen (secondary N) is 1. The molecular formula is C16H10FIN2OS. The Morgan fingerprint density at radius 2 is 1.77 bits per heavy atom. The van der Waals surface area contributed by atoms with Crippen molar-refractivity contribution in [3.63, 3.8) is 0 Å². The average Bonchev–Trinajstić information content (AvgIpc) is 2.84. The summed E-state index contributed by atoms with van der Waals surface area (Å²) in [5.74, 6) is -0.495. The first-order valence-corrected chi connectivity index (χ1v) is 8.30. The van der Waals surface area contributed by atoms with Crippen LogP contribution in [-0.4, -0.2) is 11.1 Å². The zero-order valence-corrected chi connectivity index (χ0v) is 14.2. The second kappa shape index (κ2) is 6.62. The van der Waals surface area contributed by atoms with Gasteiger partial charge in [-0.3, -0.25) is 4.79 Å². The predicted octanol–water partition coefficient (Wildman–Crippen LogP) is 4.32.